The van der Waals surface area contributed by atoms with Crippen molar-refractivity contribution in [3.8, 4) is 0 Å². The average Bonchev–Trinajstić information content (AvgIpc) is 3.24. The summed E-state index contributed by atoms with van der Waals surface area (Å²) in [5, 5.41) is 3.53. The van der Waals surface area contributed by atoms with Crippen LogP contribution in [0.1, 0.15) is 10.4 Å². The van der Waals surface area contributed by atoms with Crippen molar-refractivity contribution in [2.24, 2.45) is 0 Å². The Hall–Kier alpha value is -2.16. The number of rotatable bonds is 4. The van der Waals surface area contributed by atoms with Crippen LogP contribution in [-0.4, -0.2) is 36.2 Å². The fourth-order valence-electron chi connectivity index (χ4n) is 2.59. The van der Waals surface area contributed by atoms with E-state index in [2.05, 4.69) is 15.3 Å². The first kappa shape index (κ1) is 17.3. The molecule has 0 fully saturated rings. The van der Waals surface area contributed by atoms with Gasteiger partial charge in [-0.25, -0.2) is 9.97 Å². The standard InChI is InChI=1S/C18H16N4OS3/c1-22(2)11-6-4-5-10(9-11)16(23)21-17-19-12-7-8-13-15(14(12)25-17)26-18(20-13)24-3/h4-9H,1-3H3,(H,19,21,23). The molecule has 132 valence electrons. The van der Waals surface area contributed by atoms with E-state index in [1.165, 1.54) is 11.3 Å². The Morgan fingerprint density at radius 3 is 2.54 bits per heavy atom. The highest BCUT2D eigenvalue weighted by Crippen LogP contribution is 2.38. The van der Waals surface area contributed by atoms with Crippen molar-refractivity contribution in [1.82, 2.24) is 9.97 Å². The van der Waals surface area contributed by atoms with Gasteiger partial charge in [0.05, 0.1) is 20.4 Å². The maximum absolute atomic E-state index is 12.6. The lowest BCUT2D eigenvalue weighted by atomic mass is 10.2. The van der Waals surface area contributed by atoms with Gasteiger partial charge < -0.3 is 4.90 Å². The second kappa shape index (κ2) is 6.86. The quantitative estimate of drug-likeness (QED) is 0.491. The van der Waals surface area contributed by atoms with Crippen LogP contribution >= 0.6 is 34.4 Å². The van der Waals surface area contributed by atoms with Gasteiger partial charge in [0.25, 0.3) is 5.91 Å². The smallest absolute Gasteiger partial charge is 0.257 e. The molecule has 0 atom stereocenters. The number of amides is 1. The molecular weight excluding hydrogens is 384 g/mol. The van der Waals surface area contributed by atoms with E-state index in [0.29, 0.717) is 10.7 Å². The number of aromatic nitrogens is 2. The summed E-state index contributed by atoms with van der Waals surface area (Å²) in [7, 11) is 3.90. The second-order valence-corrected chi connectivity index (χ2v) is 8.92. The Kier molecular flexibility index (Phi) is 4.56. The molecule has 0 unspecified atom stereocenters. The first-order valence-corrected chi connectivity index (χ1v) is 10.7. The summed E-state index contributed by atoms with van der Waals surface area (Å²) in [6.07, 6.45) is 2.02. The van der Waals surface area contributed by atoms with Crippen molar-refractivity contribution in [1.29, 1.82) is 0 Å². The zero-order valence-corrected chi connectivity index (χ0v) is 16.9. The van der Waals surface area contributed by atoms with E-state index in [0.717, 1.165) is 30.5 Å². The van der Waals surface area contributed by atoms with E-state index in [1.54, 1.807) is 23.1 Å². The minimum atomic E-state index is -0.155. The highest BCUT2D eigenvalue weighted by molar-refractivity contribution is 8.00. The first-order valence-electron chi connectivity index (χ1n) is 7.88. The van der Waals surface area contributed by atoms with Crippen molar-refractivity contribution in [3.05, 3.63) is 42.0 Å². The lowest BCUT2D eigenvalue weighted by Crippen LogP contribution is -2.14. The lowest BCUT2D eigenvalue weighted by Gasteiger charge is -2.13. The number of carbonyl (C=O) groups excluding carboxylic acids is 1. The van der Waals surface area contributed by atoms with Gasteiger partial charge in [-0.2, -0.15) is 0 Å². The molecule has 5 nitrogen and oxygen atoms in total. The van der Waals surface area contributed by atoms with Gasteiger partial charge in [0.2, 0.25) is 0 Å². The maximum atomic E-state index is 12.6. The Balaban J connectivity index is 1.66. The summed E-state index contributed by atoms with van der Waals surface area (Å²) < 4.78 is 3.23. The number of hydrogen-bond acceptors (Lipinski definition) is 7. The fourth-order valence-corrected chi connectivity index (χ4v) is 5.24. The molecule has 8 heteroatoms. The summed E-state index contributed by atoms with van der Waals surface area (Å²) in [5.74, 6) is -0.155. The minimum absolute atomic E-state index is 0.155. The van der Waals surface area contributed by atoms with Gasteiger partial charge in [-0.3, -0.25) is 10.1 Å². The number of anilines is 2. The number of nitrogens with one attached hydrogen (secondary N) is 1. The molecule has 0 saturated heterocycles. The van der Waals surface area contributed by atoms with Crippen molar-refractivity contribution < 1.29 is 4.79 Å². The van der Waals surface area contributed by atoms with Crippen molar-refractivity contribution in [2.45, 2.75) is 4.34 Å². The third-order valence-corrected chi connectivity index (χ3v) is 7.12. The number of hydrogen-bond donors (Lipinski definition) is 1. The van der Waals surface area contributed by atoms with Gasteiger partial charge in [-0.15, -0.1) is 11.3 Å². The van der Waals surface area contributed by atoms with E-state index < -0.39 is 0 Å². The summed E-state index contributed by atoms with van der Waals surface area (Å²) in [5.41, 5.74) is 3.46. The van der Waals surface area contributed by atoms with Crippen LogP contribution < -0.4 is 10.2 Å². The molecule has 2 aromatic carbocycles. The highest BCUT2D eigenvalue weighted by Gasteiger charge is 2.14. The lowest BCUT2D eigenvalue weighted by molar-refractivity contribution is 0.102. The number of carbonyl (C=O) groups is 1. The summed E-state index contributed by atoms with van der Waals surface area (Å²) >= 11 is 4.80. The molecule has 4 rings (SSSR count). The zero-order chi connectivity index (χ0) is 18.3. The van der Waals surface area contributed by atoms with E-state index in [-0.39, 0.29) is 5.91 Å². The number of thiazole rings is 2. The van der Waals surface area contributed by atoms with Gasteiger partial charge in [0.15, 0.2) is 9.47 Å². The predicted octanol–water partition coefficient (Wildman–Crippen LogP) is 4.95. The van der Waals surface area contributed by atoms with E-state index >= 15 is 0 Å². The van der Waals surface area contributed by atoms with E-state index in [4.69, 9.17) is 0 Å². The molecule has 26 heavy (non-hydrogen) atoms. The normalized spacial score (nSPS) is 11.2. The monoisotopic (exact) mass is 400 g/mol. The van der Waals surface area contributed by atoms with Gasteiger partial charge in [-0.1, -0.05) is 29.2 Å². The van der Waals surface area contributed by atoms with Crippen LogP contribution in [0.5, 0.6) is 0 Å². The fraction of sp³-hybridized carbons (Fsp3) is 0.167. The number of nitrogens with zero attached hydrogens (tertiary/aromatic N) is 3. The molecule has 0 spiro atoms. The predicted molar refractivity (Wildman–Crippen MR) is 113 cm³/mol. The molecular formula is C18H16N4OS3. The van der Waals surface area contributed by atoms with Crippen molar-refractivity contribution >= 4 is 71.6 Å². The van der Waals surface area contributed by atoms with Crippen molar-refractivity contribution in [3.63, 3.8) is 0 Å². The van der Waals surface area contributed by atoms with Crippen LogP contribution in [-0.2, 0) is 0 Å². The van der Waals surface area contributed by atoms with Crippen LogP contribution in [0.25, 0.3) is 20.4 Å². The molecule has 1 N–H and O–H groups in total. The molecule has 0 aliphatic heterocycles. The van der Waals surface area contributed by atoms with E-state index in [1.807, 2.05) is 61.6 Å². The zero-order valence-electron chi connectivity index (χ0n) is 14.4. The molecule has 0 saturated carbocycles. The Labute approximate surface area is 163 Å². The molecule has 0 bridgehead atoms. The van der Waals surface area contributed by atoms with Gasteiger partial charge >= 0.3 is 0 Å². The number of thioether (sulfide) groups is 1. The third-order valence-electron chi connectivity index (χ3n) is 3.91. The topological polar surface area (TPSA) is 58.1 Å². The average molecular weight is 401 g/mol. The summed E-state index contributed by atoms with van der Waals surface area (Å²) in [6, 6.07) is 11.5. The Morgan fingerprint density at radius 2 is 1.81 bits per heavy atom. The maximum Gasteiger partial charge on any atom is 0.257 e. The highest BCUT2D eigenvalue weighted by atomic mass is 32.2. The molecule has 0 aliphatic carbocycles. The number of fused-ring (bicyclic) bond motifs is 3. The van der Waals surface area contributed by atoms with E-state index in [9.17, 15) is 4.79 Å². The second-order valence-electron chi connectivity index (χ2n) is 5.86. The Bertz CT molecular complexity index is 1120. The van der Waals surface area contributed by atoms with Gasteiger partial charge in [0.1, 0.15) is 0 Å². The minimum Gasteiger partial charge on any atom is -0.378 e. The molecule has 4 aromatic rings. The Morgan fingerprint density at radius 1 is 1.08 bits per heavy atom. The molecule has 0 radical (unpaired) electrons. The van der Waals surface area contributed by atoms with Crippen LogP contribution in [0.2, 0.25) is 0 Å². The first-order chi connectivity index (χ1) is 12.5. The van der Waals surface area contributed by atoms with Gasteiger partial charge in [0, 0.05) is 25.3 Å². The molecule has 2 heterocycles. The molecule has 0 aliphatic rings. The largest absolute Gasteiger partial charge is 0.378 e. The summed E-state index contributed by atoms with van der Waals surface area (Å²) in [6.45, 7) is 0. The van der Waals surface area contributed by atoms with Gasteiger partial charge in [-0.05, 0) is 36.6 Å². The van der Waals surface area contributed by atoms with Crippen LogP contribution in [0, 0.1) is 0 Å². The number of benzene rings is 2. The summed E-state index contributed by atoms with van der Waals surface area (Å²) in [4.78, 5) is 23.7. The molecule has 1 amide bonds. The third kappa shape index (κ3) is 3.15. The van der Waals surface area contributed by atoms with Crippen LogP contribution in [0.4, 0.5) is 10.8 Å². The van der Waals surface area contributed by atoms with Crippen molar-refractivity contribution in [2.75, 3.05) is 30.6 Å². The SMILES string of the molecule is CSc1nc2ccc3nc(NC(=O)c4cccc(N(C)C)c4)sc3c2s1. The van der Waals surface area contributed by atoms with Crippen LogP contribution in [0.15, 0.2) is 40.7 Å². The van der Waals surface area contributed by atoms with Crippen LogP contribution in [0.3, 0.4) is 0 Å². The molecule has 2 aromatic heterocycles.